The number of urea groups is 1. The third-order valence-electron chi connectivity index (χ3n) is 3.54. The van der Waals surface area contributed by atoms with E-state index in [1.807, 2.05) is 23.6 Å². The van der Waals surface area contributed by atoms with E-state index in [4.69, 9.17) is 0 Å². The van der Waals surface area contributed by atoms with Crippen molar-refractivity contribution in [1.82, 2.24) is 15.1 Å². The number of rotatable bonds is 5. The van der Waals surface area contributed by atoms with E-state index in [1.54, 1.807) is 0 Å². The van der Waals surface area contributed by atoms with Gasteiger partial charge in [-0.25, -0.2) is 4.79 Å². The first-order chi connectivity index (χ1) is 8.22. The van der Waals surface area contributed by atoms with Crippen molar-refractivity contribution in [3.63, 3.8) is 0 Å². The van der Waals surface area contributed by atoms with Gasteiger partial charge in [0.25, 0.3) is 0 Å². The average molecular weight is 241 g/mol. The van der Waals surface area contributed by atoms with Gasteiger partial charge in [0.2, 0.25) is 0 Å². The molecular formula is C13H27N3O. The first-order valence-corrected chi connectivity index (χ1v) is 7.00. The molecule has 1 unspecified atom stereocenters. The fraction of sp³-hybridized carbons (Fsp3) is 0.923. The van der Waals surface area contributed by atoms with Crippen LogP contribution in [0.3, 0.4) is 0 Å². The molecule has 0 aromatic rings. The van der Waals surface area contributed by atoms with Crippen LogP contribution in [0.4, 0.5) is 4.79 Å². The van der Waals surface area contributed by atoms with E-state index in [-0.39, 0.29) is 6.03 Å². The molecule has 0 aromatic carbocycles. The summed E-state index contributed by atoms with van der Waals surface area (Å²) in [5, 5.41) is 3.50. The van der Waals surface area contributed by atoms with Crippen molar-refractivity contribution < 1.29 is 4.79 Å². The third kappa shape index (κ3) is 4.19. The Morgan fingerprint density at radius 2 is 1.76 bits per heavy atom. The van der Waals surface area contributed by atoms with E-state index >= 15 is 0 Å². The molecule has 4 nitrogen and oxygen atoms in total. The number of nitrogens with one attached hydrogen (secondary N) is 1. The van der Waals surface area contributed by atoms with Crippen LogP contribution in [0.2, 0.25) is 0 Å². The van der Waals surface area contributed by atoms with Gasteiger partial charge in [-0.1, -0.05) is 6.42 Å². The highest BCUT2D eigenvalue weighted by molar-refractivity contribution is 5.74. The summed E-state index contributed by atoms with van der Waals surface area (Å²) in [6.45, 7) is 10.5. The summed E-state index contributed by atoms with van der Waals surface area (Å²) in [5.74, 6) is 0. The molecular weight excluding hydrogens is 214 g/mol. The zero-order valence-electron chi connectivity index (χ0n) is 11.5. The molecule has 100 valence electrons. The second-order valence-corrected chi connectivity index (χ2v) is 4.64. The third-order valence-corrected chi connectivity index (χ3v) is 3.54. The molecule has 1 fully saturated rings. The summed E-state index contributed by atoms with van der Waals surface area (Å²) >= 11 is 0. The molecule has 1 heterocycles. The topological polar surface area (TPSA) is 35.6 Å². The number of carbonyl (C=O) groups is 1. The molecule has 0 bridgehead atoms. The highest BCUT2D eigenvalue weighted by Gasteiger charge is 2.21. The largest absolute Gasteiger partial charge is 0.325 e. The van der Waals surface area contributed by atoms with Crippen LogP contribution in [0.1, 0.15) is 40.0 Å². The SMILES string of the molecule is CCN(CC)C(=O)N(CC)CC1CCCCN1. The van der Waals surface area contributed by atoms with Crippen LogP contribution in [-0.2, 0) is 0 Å². The minimum atomic E-state index is 0.185. The number of carbonyl (C=O) groups excluding carboxylic acids is 1. The Kier molecular flexibility index (Phi) is 6.34. The monoisotopic (exact) mass is 241 g/mol. The van der Waals surface area contributed by atoms with Crippen molar-refractivity contribution in [2.24, 2.45) is 0 Å². The van der Waals surface area contributed by atoms with Crippen LogP contribution in [0, 0.1) is 0 Å². The predicted octanol–water partition coefficient (Wildman–Crippen LogP) is 1.91. The first-order valence-electron chi connectivity index (χ1n) is 7.00. The molecule has 1 aliphatic heterocycles. The van der Waals surface area contributed by atoms with Crippen molar-refractivity contribution in [1.29, 1.82) is 0 Å². The minimum Gasteiger partial charge on any atom is -0.325 e. The van der Waals surface area contributed by atoms with Gasteiger partial charge in [0.15, 0.2) is 0 Å². The Balaban J connectivity index is 2.48. The molecule has 4 heteroatoms. The van der Waals surface area contributed by atoms with Gasteiger partial charge in [-0.3, -0.25) is 0 Å². The molecule has 0 aromatic heterocycles. The fourth-order valence-electron chi connectivity index (χ4n) is 2.38. The molecule has 0 aliphatic carbocycles. The smallest absolute Gasteiger partial charge is 0.320 e. The number of nitrogens with zero attached hydrogens (tertiary/aromatic N) is 2. The van der Waals surface area contributed by atoms with E-state index in [2.05, 4.69) is 12.2 Å². The second-order valence-electron chi connectivity index (χ2n) is 4.64. The summed E-state index contributed by atoms with van der Waals surface area (Å²) in [7, 11) is 0. The first kappa shape index (κ1) is 14.3. The summed E-state index contributed by atoms with van der Waals surface area (Å²) in [6.07, 6.45) is 3.75. The molecule has 0 saturated carbocycles. The lowest BCUT2D eigenvalue weighted by Crippen LogP contribution is -2.50. The van der Waals surface area contributed by atoms with Crippen LogP contribution in [-0.4, -0.2) is 54.6 Å². The number of likely N-dealkylation sites (N-methyl/N-ethyl adjacent to an activating group) is 1. The van der Waals surface area contributed by atoms with Gasteiger partial charge in [-0.05, 0) is 40.2 Å². The maximum atomic E-state index is 12.2. The maximum Gasteiger partial charge on any atom is 0.320 e. The summed E-state index contributed by atoms with van der Waals surface area (Å²) in [4.78, 5) is 16.1. The van der Waals surface area contributed by atoms with Crippen LogP contribution >= 0.6 is 0 Å². The van der Waals surface area contributed by atoms with E-state index in [0.717, 1.165) is 32.7 Å². The predicted molar refractivity (Wildman–Crippen MR) is 71.2 cm³/mol. The standard InChI is InChI=1S/C13H27N3O/c1-4-15(5-2)13(17)16(6-3)11-12-9-7-8-10-14-12/h12,14H,4-11H2,1-3H3. The summed E-state index contributed by atoms with van der Waals surface area (Å²) < 4.78 is 0. The van der Waals surface area contributed by atoms with Crippen molar-refractivity contribution in [2.45, 2.75) is 46.1 Å². The van der Waals surface area contributed by atoms with E-state index in [1.165, 1.54) is 19.3 Å². The minimum absolute atomic E-state index is 0.185. The van der Waals surface area contributed by atoms with Gasteiger partial charge in [0.05, 0.1) is 0 Å². The zero-order valence-corrected chi connectivity index (χ0v) is 11.5. The van der Waals surface area contributed by atoms with E-state index < -0.39 is 0 Å². The molecule has 1 saturated heterocycles. The Hall–Kier alpha value is -0.770. The van der Waals surface area contributed by atoms with Crippen molar-refractivity contribution in [2.75, 3.05) is 32.7 Å². The lowest BCUT2D eigenvalue weighted by Gasteiger charge is -2.33. The molecule has 1 N–H and O–H groups in total. The molecule has 0 spiro atoms. The van der Waals surface area contributed by atoms with Crippen molar-refractivity contribution in [3.05, 3.63) is 0 Å². The van der Waals surface area contributed by atoms with E-state index in [0.29, 0.717) is 6.04 Å². The van der Waals surface area contributed by atoms with Crippen LogP contribution in [0.25, 0.3) is 0 Å². The second kappa shape index (κ2) is 7.54. The molecule has 2 amide bonds. The number of hydrogen-bond acceptors (Lipinski definition) is 2. The van der Waals surface area contributed by atoms with Crippen LogP contribution in [0.5, 0.6) is 0 Å². The number of piperidine rings is 1. The van der Waals surface area contributed by atoms with Gasteiger partial charge in [-0.2, -0.15) is 0 Å². The average Bonchev–Trinajstić information content (AvgIpc) is 2.38. The van der Waals surface area contributed by atoms with Crippen LogP contribution < -0.4 is 5.32 Å². The summed E-state index contributed by atoms with van der Waals surface area (Å²) in [6, 6.07) is 0.674. The molecule has 1 aliphatic rings. The normalized spacial score (nSPS) is 20.1. The fourth-order valence-corrected chi connectivity index (χ4v) is 2.38. The van der Waals surface area contributed by atoms with Gasteiger partial charge < -0.3 is 15.1 Å². The molecule has 1 rings (SSSR count). The Morgan fingerprint density at radius 3 is 2.24 bits per heavy atom. The van der Waals surface area contributed by atoms with Crippen molar-refractivity contribution in [3.8, 4) is 0 Å². The molecule has 17 heavy (non-hydrogen) atoms. The Bertz CT molecular complexity index is 223. The van der Waals surface area contributed by atoms with Gasteiger partial charge >= 0.3 is 6.03 Å². The van der Waals surface area contributed by atoms with Gasteiger partial charge in [-0.15, -0.1) is 0 Å². The molecule has 0 radical (unpaired) electrons. The summed E-state index contributed by atoms with van der Waals surface area (Å²) in [5.41, 5.74) is 0. The quantitative estimate of drug-likeness (QED) is 0.798. The maximum absolute atomic E-state index is 12.2. The highest BCUT2D eigenvalue weighted by Crippen LogP contribution is 2.09. The molecule has 1 atom stereocenters. The Morgan fingerprint density at radius 1 is 1.12 bits per heavy atom. The lowest BCUT2D eigenvalue weighted by atomic mass is 10.0. The number of hydrogen-bond donors (Lipinski definition) is 1. The number of amides is 2. The van der Waals surface area contributed by atoms with Gasteiger partial charge in [0.1, 0.15) is 0 Å². The van der Waals surface area contributed by atoms with Gasteiger partial charge in [0, 0.05) is 32.2 Å². The Labute approximate surface area is 105 Å². The zero-order chi connectivity index (χ0) is 12.7. The van der Waals surface area contributed by atoms with Crippen LogP contribution in [0.15, 0.2) is 0 Å². The van der Waals surface area contributed by atoms with Crippen molar-refractivity contribution >= 4 is 6.03 Å². The lowest BCUT2D eigenvalue weighted by molar-refractivity contribution is 0.151. The highest BCUT2D eigenvalue weighted by atomic mass is 16.2. The van der Waals surface area contributed by atoms with E-state index in [9.17, 15) is 4.79 Å².